The molecule has 1 amide bonds. The van der Waals surface area contributed by atoms with Gasteiger partial charge in [0.15, 0.2) is 11.0 Å². The maximum absolute atomic E-state index is 12.5. The molecule has 0 bridgehead atoms. The summed E-state index contributed by atoms with van der Waals surface area (Å²) in [7, 11) is 0. The molecule has 0 atom stereocenters. The zero-order valence-corrected chi connectivity index (χ0v) is 19.6. The lowest BCUT2D eigenvalue weighted by Crippen LogP contribution is -2.14. The number of pyridine rings is 1. The van der Waals surface area contributed by atoms with Crippen LogP contribution in [0.25, 0.3) is 17.1 Å². The number of hydrogen-bond acceptors (Lipinski definition) is 5. The number of halogens is 2. The minimum Gasteiger partial charge on any atom is -0.325 e. The van der Waals surface area contributed by atoms with Gasteiger partial charge in [-0.05, 0) is 61.0 Å². The molecule has 0 fully saturated rings. The Bertz CT molecular complexity index is 1210. The average molecular weight is 515 g/mol. The Hall–Kier alpha value is -2.68. The lowest BCUT2D eigenvalue weighted by molar-refractivity contribution is -0.113. The molecule has 0 spiro atoms. The van der Waals surface area contributed by atoms with E-state index in [1.54, 1.807) is 18.5 Å². The van der Waals surface area contributed by atoms with Crippen molar-refractivity contribution in [1.29, 1.82) is 0 Å². The fraction of sp³-hybridized carbons (Fsp3) is 0.0909. The predicted octanol–water partition coefficient (Wildman–Crippen LogP) is 5.78. The van der Waals surface area contributed by atoms with Gasteiger partial charge >= 0.3 is 0 Å². The average Bonchev–Trinajstić information content (AvgIpc) is 3.20. The number of nitrogens with zero attached hydrogens (tertiary/aromatic N) is 4. The normalized spacial score (nSPS) is 10.8. The summed E-state index contributed by atoms with van der Waals surface area (Å²) in [4.78, 5) is 16.6. The van der Waals surface area contributed by atoms with E-state index in [9.17, 15) is 4.79 Å². The van der Waals surface area contributed by atoms with Crippen LogP contribution < -0.4 is 5.32 Å². The standard InChI is InChI=1S/C22H17BrClN5OS/c1-14-2-5-17(12-19(14)24)26-20(30)13-31-22-28-27-21(15-8-10-25-11-9-15)29(22)18-6-3-16(23)4-7-18/h2-12H,13H2,1H3,(H,26,30). The number of thioether (sulfide) groups is 1. The molecule has 0 radical (unpaired) electrons. The van der Waals surface area contributed by atoms with Gasteiger partial charge in [-0.25, -0.2) is 0 Å². The zero-order valence-electron chi connectivity index (χ0n) is 16.4. The number of hydrogen-bond donors (Lipinski definition) is 1. The van der Waals surface area contributed by atoms with Crippen molar-refractivity contribution in [3.8, 4) is 17.1 Å². The number of nitrogens with one attached hydrogen (secondary N) is 1. The molecule has 2 aromatic heterocycles. The van der Waals surface area contributed by atoms with Crippen LogP contribution in [0.2, 0.25) is 5.02 Å². The molecule has 0 saturated heterocycles. The quantitative estimate of drug-likeness (QED) is 0.330. The van der Waals surface area contributed by atoms with Crippen LogP contribution >= 0.6 is 39.3 Å². The molecule has 1 N–H and O–H groups in total. The first-order chi connectivity index (χ1) is 15.0. The Kier molecular flexibility index (Phi) is 6.70. The number of carbonyl (C=O) groups is 1. The molecule has 2 heterocycles. The first kappa shape index (κ1) is 21.5. The van der Waals surface area contributed by atoms with E-state index >= 15 is 0 Å². The summed E-state index contributed by atoms with van der Waals surface area (Å²) in [6.45, 7) is 1.92. The number of anilines is 1. The highest BCUT2D eigenvalue weighted by Gasteiger charge is 2.17. The van der Waals surface area contributed by atoms with Gasteiger partial charge in [0.2, 0.25) is 5.91 Å². The van der Waals surface area contributed by atoms with Crippen molar-refractivity contribution in [2.45, 2.75) is 12.1 Å². The van der Waals surface area contributed by atoms with Gasteiger partial charge in [0.05, 0.1) is 5.75 Å². The topological polar surface area (TPSA) is 72.7 Å². The van der Waals surface area contributed by atoms with Crippen molar-refractivity contribution in [3.63, 3.8) is 0 Å². The molecule has 2 aromatic carbocycles. The van der Waals surface area contributed by atoms with E-state index < -0.39 is 0 Å². The Morgan fingerprint density at radius 2 is 1.84 bits per heavy atom. The first-order valence-corrected chi connectivity index (χ1v) is 11.5. The third-order valence-electron chi connectivity index (χ3n) is 4.44. The summed E-state index contributed by atoms with van der Waals surface area (Å²) in [5, 5.41) is 12.8. The second-order valence-corrected chi connectivity index (χ2v) is 8.92. The molecule has 0 aliphatic carbocycles. The van der Waals surface area contributed by atoms with Gasteiger partial charge in [0.25, 0.3) is 0 Å². The highest BCUT2D eigenvalue weighted by atomic mass is 79.9. The van der Waals surface area contributed by atoms with Crippen LogP contribution in [0.5, 0.6) is 0 Å². The van der Waals surface area contributed by atoms with E-state index in [0.717, 1.165) is 21.3 Å². The van der Waals surface area contributed by atoms with Crippen LogP contribution in [-0.4, -0.2) is 31.4 Å². The Morgan fingerprint density at radius 3 is 2.55 bits per heavy atom. The zero-order chi connectivity index (χ0) is 21.8. The maximum atomic E-state index is 12.5. The monoisotopic (exact) mass is 513 g/mol. The fourth-order valence-electron chi connectivity index (χ4n) is 2.87. The van der Waals surface area contributed by atoms with Crippen molar-refractivity contribution in [2.75, 3.05) is 11.1 Å². The van der Waals surface area contributed by atoms with Gasteiger partial charge < -0.3 is 5.32 Å². The molecule has 0 unspecified atom stereocenters. The number of aromatic nitrogens is 4. The molecule has 4 aromatic rings. The Labute approximate surface area is 197 Å². The van der Waals surface area contributed by atoms with Gasteiger partial charge in [-0.2, -0.15) is 0 Å². The molecular weight excluding hydrogens is 498 g/mol. The number of carbonyl (C=O) groups excluding carboxylic acids is 1. The molecule has 0 aliphatic rings. The lowest BCUT2D eigenvalue weighted by atomic mass is 10.2. The van der Waals surface area contributed by atoms with E-state index in [-0.39, 0.29) is 11.7 Å². The second-order valence-electron chi connectivity index (χ2n) is 6.65. The van der Waals surface area contributed by atoms with Crippen LogP contribution in [-0.2, 0) is 4.79 Å². The number of aryl methyl sites for hydroxylation is 1. The van der Waals surface area contributed by atoms with E-state index in [2.05, 4.69) is 36.4 Å². The third kappa shape index (κ3) is 5.15. The highest BCUT2D eigenvalue weighted by molar-refractivity contribution is 9.10. The van der Waals surface area contributed by atoms with Gasteiger partial charge in [-0.15, -0.1) is 10.2 Å². The molecule has 31 heavy (non-hydrogen) atoms. The van der Waals surface area contributed by atoms with Gasteiger partial charge in [-0.3, -0.25) is 14.3 Å². The molecule has 0 saturated carbocycles. The SMILES string of the molecule is Cc1ccc(NC(=O)CSc2nnc(-c3ccncc3)n2-c2ccc(Br)cc2)cc1Cl. The summed E-state index contributed by atoms with van der Waals surface area (Å²) < 4.78 is 2.91. The van der Waals surface area contributed by atoms with E-state index in [1.807, 2.05) is 60.0 Å². The van der Waals surface area contributed by atoms with Crippen LogP contribution in [0.1, 0.15) is 5.56 Å². The molecule has 4 rings (SSSR count). The van der Waals surface area contributed by atoms with Gasteiger partial charge in [0.1, 0.15) is 0 Å². The van der Waals surface area contributed by atoms with Crippen molar-refractivity contribution in [2.24, 2.45) is 0 Å². The summed E-state index contributed by atoms with van der Waals surface area (Å²) in [6.07, 6.45) is 3.42. The smallest absolute Gasteiger partial charge is 0.234 e. The molecule has 9 heteroatoms. The van der Waals surface area contributed by atoms with Crippen LogP contribution in [0, 0.1) is 6.92 Å². The summed E-state index contributed by atoms with van der Waals surface area (Å²) in [5.74, 6) is 0.704. The van der Waals surface area contributed by atoms with Crippen molar-refractivity contribution in [1.82, 2.24) is 19.7 Å². The minimum absolute atomic E-state index is 0.152. The largest absolute Gasteiger partial charge is 0.325 e. The number of benzene rings is 2. The Morgan fingerprint density at radius 1 is 1.10 bits per heavy atom. The third-order valence-corrected chi connectivity index (χ3v) is 6.31. The molecule has 0 aliphatic heterocycles. The predicted molar refractivity (Wildman–Crippen MR) is 128 cm³/mol. The highest BCUT2D eigenvalue weighted by Crippen LogP contribution is 2.28. The molecule has 6 nitrogen and oxygen atoms in total. The fourth-order valence-corrected chi connectivity index (χ4v) is 4.07. The number of rotatable bonds is 6. The lowest BCUT2D eigenvalue weighted by Gasteiger charge is -2.11. The van der Waals surface area contributed by atoms with Crippen molar-refractivity contribution >= 4 is 50.9 Å². The van der Waals surface area contributed by atoms with Crippen molar-refractivity contribution < 1.29 is 4.79 Å². The summed E-state index contributed by atoms with van der Waals surface area (Å²) >= 11 is 10.9. The summed E-state index contributed by atoms with van der Waals surface area (Å²) in [6, 6.07) is 17.0. The van der Waals surface area contributed by atoms with Crippen LogP contribution in [0.15, 0.2) is 76.6 Å². The minimum atomic E-state index is -0.152. The maximum Gasteiger partial charge on any atom is 0.234 e. The first-order valence-electron chi connectivity index (χ1n) is 9.32. The second kappa shape index (κ2) is 9.64. The summed E-state index contributed by atoms with van der Waals surface area (Å²) in [5.41, 5.74) is 3.40. The van der Waals surface area contributed by atoms with Gasteiger partial charge in [0, 0.05) is 38.8 Å². The Balaban J connectivity index is 1.57. The van der Waals surface area contributed by atoms with Crippen LogP contribution in [0.4, 0.5) is 5.69 Å². The van der Waals surface area contributed by atoms with Crippen LogP contribution in [0.3, 0.4) is 0 Å². The molecule has 156 valence electrons. The van der Waals surface area contributed by atoms with E-state index in [4.69, 9.17) is 11.6 Å². The van der Waals surface area contributed by atoms with Crippen molar-refractivity contribution in [3.05, 3.63) is 82.0 Å². The number of amides is 1. The molecular formula is C22H17BrClN5OS. The van der Waals surface area contributed by atoms with Gasteiger partial charge in [-0.1, -0.05) is 45.4 Å². The van der Waals surface area contributed by atoms with E-state index in [0.29, 0.717) is 21.7 Å². The van der Waals surface area contributed by atoms with E-state index in [1.165, 1.54) is 11.8 Å².